The normalized spacial score (nSPS) is 27.8. The van der Waals surface area contributed by atoms with Crippen LogP contribution in [0.2, 0.25) is 0 Å². The van der Waals surface area contributed by atoms with E-state index in [1.54, 1.807) is 6.07 Å². The summed E-state index contributed by atoms with van der Waals surface area (Å²) in [5.41, 5.74) is 7.35. The Labute approximate surface area is 95.2 Å². The number of hydrogen-bond donors (Lipinski definition) is 1. The monoisotopic (exact) mass is 220 g/mol. The van der Waals surface area contributed by atoms with Crippen LogP contribution in [0.1, 0.15) is 24.8 Å². The van der Waals surface area contributed by atoms with Crippen LogP contribution in [0.3, 0.4) is 0 Å². The van der Waals surface area contributed by atoms with E-state index in [1.165, 1.54) is 25.3 Å². The number of nitrogens with two attached hydrogens (primary N) is 1. The minimum atomic E-state index is -0.164. The zero-order valence-electron chi connectivity index (χ0n) is 9.32. The van der Waals surface area contributed by atoms with Crippen molar-refractivity contribution in [1.82, 2.24) is 0 Å². The highest BCUT2D eigenvalue weighted by Crippen LogP contribution is 2.41. The van der Waals surface area contributed by atoms with E-state index in [9.17, 15) is 4.39 Å². The van der Waals surface area contributed by atoms with Gasteiger partial charge >= 0.3 is 0 Å². The zero-order chi connectivity index (χ0) is 11.1. The highest BCUT2D eigenvalue weighted by Gasteiger charge is 2.38. The van der Waals surface area contributed by atoms with Gasteiger partial charge in [-0.15, -0.1) is 0 Å². The molecule has 1 saturated heterocycles. The van der Waals surface area contributed by atoms with Gasteiger partial charge in [-0.1, -0.05) is 6.07 Å². The smallest absolute Gasteiger partial charge is 0.129 e. The summed E-state index contributed by atoms with van der Waals surface area (Å²) in [6.45, 7) is 1.37. The molecule has 1 heterocycles. The second kappa shape index (κ2) is 3.74. The highest BCUT2D eigenvalue weighted by atomic mass is 19.1. The fraction of sp³-hybridized carbons (Fsp3) is 0.538. The van der Waals surface area contributed by atoms with Crippen molar-refractivity contribution in [2.24, 2.45) is 11.7 Å². The molecule has 2 unspecified atom stereocenters. The topological polar surface area (TPSA) is 29.3 Å². The van der Waals surface area contributed by atoms with E-state index < -0.39 is 0 Å². The standard InChI is InChI=1S/C13H17FN2/c14-12-2-1-3-13(11(12)7-15)16-8-9-4-5-10(16)6-9/h1-3,9-10H,4-8,15H2. The highest BCUT2D eigenvalue weighted by molar-refractivity contribution is 5.56. The lowest BCUT2D eigenvalue weighted by Gasteiger charge is -2.31. The SMILES string of the molecule is NCc1c(F)cccc1N1CC2CCC1C2. The molecule has 2 bridgehead atoms. The number of benzene rings is 1. The van der Waals surface area contributed by atoms with E-state index >= 15 is 0 Å². The molecule has 1 aromatic carbocycles. The molecule has 1 aliphatic heterocycles. The third kappa shape index (κ3) is 1.42. The second-order valence-corrected chi connectivity index (χ2v) is 4.93. The summed E-state index contributed by atoms with van der Waals surface area (Å²) in [7, 11) is 0. The van der Waals surface area contributed by atoms with Gasteiger partial charge < -0.3 is 10.6 Å². The van der Waals surface area contributed by atoms with E-state index in [2.05, 4.69) is 4.90 Å². The Bertz CT molecular complexity index is 405. The summed E-state index contributed by atoms with van der Waals surface area (Å²) in [4.78, 5) is 2.36. The van der Waals surface area contributed by atoms with Gasteiger partial charge in [0, 0.05) is 30.4 Å². The Balaban J connectivity index is 1.97. The maximum absolute atomic E-state index is 13.6. The maximum Gasteiger partial charge on any atom is 0.129 e. The van der Waals surface area contributed by atoms with Crippen molar-refractivity contribution in [1.29, 1.82) is 0 Å². The Hall–Kier alpha value is -1.09. The van der Waals surface area contributed by atoms with Gasteiger partial charge in [0.1, 0.15) is 5.82 Å². The molecule has 16 heavy (non-hydrogen) atoms. The summed E-state index contributed by atoms with van der Waals surface area (Å²) < 4.78 is 13.6. The molecule has 3 rings (SSSR count). The molecular formula is C13H17FN2. The molecule has 1 aliphatic carbocycles. The van der Waals surface area contributed by atoms with Gasteiger partial charge in [-0.3, -0.25) is 0 Å². The number of anilines is 1. The summed E-state index contributed by atoms with van der Waals surface area (Å²) in [5.74, 6) is 0.654. The quantitative estimate of drug-likeness (QED) is 0.828. The van der Waals surface area contributed by atoms with E-state index in [-0.39, 0.29) is 12.4 Å². The molecular weight excluding hydrogens is 203 g/mol. The molecule has 0 radical (unpaired) electrons. The molecule has 2 fully saturated rings. The summed E-state index contributed by atoms with van der Waals surface area (Å²) in [5, 5.41) is 0. The van der Waals surface area contributed by atoms with Crippen LogP contribution in [0, 0.1) is 11.7 Å². The number of halogens is 1. The second-order valence-electron chi connectivity index (χ2n) is 4.93. The van der Waals surface area contributed by atoms with Gasteiger partial charge in [0.05, 0.1) is 0 Å². The fourth-order valence-corrected chi connectivity index (χ4v) is 3.24. The summed E-state index contributed by atoms with van der Waals surface area (Å²) in [6, 6.07) is 5.92. The lowest BCUT2D eigenvalue weighted by molar-refractivity contribution is 0.549. The number of rotatable bonds is 2. The van der Waals surface area contributed by atoms with Crippen molar-refractivity contribution >= 4 is 5.69 Å². The third-order valence-electron chi connectivity index (χ3n) is 4.02. The third-order valence-corrected chi connectivity index (χ3v) is 4.02. The van der Waals surface area contributed by atoms with Crippen molar-refractivity contribution in [2.75, 3.05) is 11.4 Å². The first-order chi connectivity index (χ1) is 7.79. The molecule has 0 aromatic heterocycles. The molecule has 86 valence electrons. The molecule has 2 nitrogen and oxygen atoms in total. The van der Waals surface area contributed by atoms with Crippen molar-refractivity contribution in [2.45, 2.75) is 31.8 Å². The van der Waals surface area contributed by atoms with Gasteiger partial charge in [-0.05, 0) is 37.3 Å². The average molecular weight is 220 g/mol. The first-order valence-electron chi connectivity index (χ1n) is 6.03. The Morgan fingerprint density at radius 2 is 2.25 bits per heavy atom. The summed E-state index contributed by atoms with van der Waals surface area (Å²) in [6.07, 6.45) is 3.88. The van der Waals surface area contributed by atoms with Crippen LogP contribution in [-0.2, 0) is 6.54 Å². The van der Waals surface area contributed by atoms with Gasteiger partial charge in [0.15, 0.2) is 0 Å². The molecule has 1 aromatic rings. The first kappa shape index (κ1) is 10.1. The average Bonchev–Trinajstić information content (AvgIpc) is 2.90. The minimum absolute atomic E-state index is 0.164. The van der Waals surface area contributed by atoms with Crippen LogP contribution in [0.25, 0.3) is 0 Å². The van der Waals surface area contributed by atoms with E-state index in [1.807, 2.05) is 6.07 Å². The number of fused-ring (bicyclic) bond motifs is 2. The summed E-state index contributed by atoms with van der Waals surface area (Å²) >= 11 is 0. The zero-order valence-corrected chi connectivity index (χ0v) is 9.32. The van der Waals surface area contributed by atoms with E-state index in [0.717, 1.165) is 18.2 Å². The van der Waals surface area contributed by atoms with E-state index in [0.29, 0.717) is 11.6 Å². The van der Waals surface area contributed by atoms with Crippen molar-refractivity contribution < 1.29 is 4.39 Å². The first-order valence-corrected chi connectivity index (χ1v) is 6.03. The maximum atomic E-state index is 13.6. The predicted molar refractivity (Wildman–Crippen MR) is 62.8 cm³/mol. The molecule has 1 saturated carbocycles. The van der Waals surface area contributed by atoms with Crippen LogP contribution in [-0.4, -0.2) is 12.6 Å². The van der Waals surface area contributed by atoms with Gasteiger partial charge in [0.25, 0.3) is 0 Å². The van der Waals surface area contributed by atoms with Gasteiger partial charge in [-0.25, -0.2) is 4.39 Å². The van der Waals surface area contributed by atoms with Crippen molar-refractivity contribution in [3.63, 3.8) is 0 Å². The van der Waals surface area contributed by atoms with Crippen molar-refractivity contribution in [3.05, 3.63) is 29.6 Å². The molecule has 2 atom stereocenters. The van der Waals surface area contributed by atoms with Crippen LogP contribution in [0.15, 0.2) is 18.2 Å². The van der Waals surface area contributed by atoms with Crippen molar-refractivity contribution in [3.8, 4) is 0 Å². The fourth-order valence-electron chi connectivity index (χ4n) is 3.24. The molecule has 2 aliphatic rings. The Morgan fingerprint density at radius 3 is 2.88 bits per heavy atom. The number of nitrogens with zero attached hydrogens (tertiary/aromatic N) is 1. The predicted octanol–water partition coefficient (Wildman–Crippen LogP) is 2.27. The molecule has 0 spiro atoms. The largest absolute Gasteiger partial charge is 0.368 e. The van der Waals surface area contributed by atoms with Gasteiger partial charge in [0.2, 0.25) is 0 Å². The van der Waals surface area contributed by atoms with Crippen LogP contribution >= 0.6 is 0 Å². The lowest BCUT2D eigenvalue weighted by atomic mass is 10.1. The Morgan fingerprint density at radius 1 is 1.38 bits per heavy atom. The molecule has 2 N–H and O–H groups in total. The minimum Gasteiger partial charge on any atom is -0.368 e. The van der Waals surface area contributed by atoms with E-state index in [4.69, 9.17) is 5.73 Å². The van der Waals surface area contributed by atoms with Crippen LogP contribution in [0.5, 0.6) is 0 Å². The Kier molecular flexibility index (Phi) is 2.36. The number of hydrogen-bond acceptors (Lipinski definition) is 2. The van der Waals surface area contributed by atoms with Crippen LogP contribution in [0.4, 0.5) is 10.1 Å². The molecule has 3 heteroatoms. The van der Waals surface area contributed by atoms with Gasteiger partial charge in [-0.2, -0.15) is 0 Å². The lowest BCUT2D eigenvalue weighted by Crippen LogP contribution is -2.33. The van der Waals surface area contributed by atoms with Crippen LogP contribution < -0.4 is 10.6 Å². The number of piperidine rings is 1. The molecule has 0 amide bonds.